The number of hydrogen-bond donors (Lipinski definition) is 0. The minimum absolute atomic E-state index is 1.26. The second kappa shape index (κ2) is 10.8. The van der Waals surface area contributed by atoms with Crippen LogP contribution < -0.4 is 0 Å². The van der Waals surface area contributed by atoms with Crippen LogP contribution in [0.2, 0.25) is 0 Å². The van der Waals surface area contributed by atoms with Crippen molar-refractivity contribution in [3.63, 3.8) is 0 Å². The van der Waals surface area contributed by atoms with Crippen LogP contribution in [-0.4, -0.2) is 28.2 Å². The molecular weight excluding hydrogens is 370 g/mol. The van der Waals surface area contributed by atoms with Crippen LogP contribution in [0.1, 0.15) is 0 Å². The summed E-state index contributed by atoms with van der Waals surface area (Å²) in [6.45, 7) is 0. The molecule has 0 aromatic heterocycles. The van der Waals surface area contributed by atoms with E-state index in [1.54, 1.807) is 0 Å². The van der Waals surface area contributed by atoms with Crippen molar-refractivity contribution in [2.45, 2.75) is 22.3 Å². The lowest BCUT2D eigenvalue weighted by Crippen LogP contribution is -2.16. The quantitative estimate of drug-likeness (QED) is 0.368. The summed E-state index contributed by atoms with van der Waals surface area (Å²) < 4.78 is 75.2. The van der Waals surface area contributed by atoms with Gasteiger partial charge in [0.2, 0.25) is 9.93 Å². The van der Waals surface area contributed by atoms with Crippen LogP contribution in [0.4, 0.5) is 30.7 Å². The maximum Gasteiger partial charge on any atom is 0.418 e. The van der Waals surface area contributed by atoms with Crippen LogP contribution in [0.3, 0.4) is 0 Å². The van der Waals surface area contributed by atoms with E-state index in [1.165, 1.54) is 0 Å². The Morgan fingerprint density at radius 2 is 0.941 bits per heavy atom. The van der Waals surface area contributed by atoms with Crippen molar-refractivity contribution in [3.8, 4) is 0 Å². The predicted molar refractivity (Wildman–Crippen MR) is 54.9 cm³/mol. The predicted octanol–water partition coefficient (Wildman–Crippen LogP) is 5.86. The summed E-state index contributed by atoms with van der Waals surface area (Å²) in [6, 6.07) is 0. The van der Waals surface area contributed by atoms with Crippen LogP contribution in [-0.2, 0) is 0 Å². The molecule has 12 heteroatoms. The first kappa shape index (κ1) is 23.1. The lowest BCUT2D eigenvalue weighted by atomic mass is 10.8. The van der Waals surface area contributed by atoms with Crippen LogP contribution >= 0.6 is 58.0 Å². The van der Waals surface area contributed by atoms with Gasteiger partial charge >= 0.3 is 12.4 Å². The number of hydrogen-bond acceptors (Lipinski definition) is 0. The van der Waals surface area contributed by atoms with E-state index in [4.69, 9.17) is 0 Å². The highest BCUT2D eigenvalue weighted by Crippen LogP contribution is 2.27. The fourth-order valence-electron chi connectivity index (χ4n) is 0. The molecule has 17 heavy (non-hydrogen) atoms. The van der Waals surface area contributed by atoms with E-state index in [2.05, 4.69) is 58.0 Å². The Hall–Kier alpha value is 0.960. The minimum Gasteiger partial charge on any atom is -0.212 e. The van der Waals surface area contributed by atoms with E-state index < -0.39 is 28.2 Å². The standard InChI is InChI=1S/C2HCl2F3.C2H2ClF3.CHCl2F/c3-1(4)2(5,6)7;3-1-2(4,5)6;2-1(3)4/h1H;1H2;1H. The van der Waals surface area contributed by atoms with Crippen molar-refractivity contribution in [2.75, 3.05) is 5.88 Å². The Balaban J connectivity index is -0.000000180. The largest absolute Gasteiger partial charge is 0.418 e. The van der Waals surface area contributed by atoms with Crippen molar-refractivity contribution in [3.05, 3.63) is 0 Å². The highest BCUT2D eigenvalue weighted by Gasteiger charge is 2.36. The molecule has 0 unspecified atom stereocenters. The third-order valence-corrected chi connectivity index (χ3v) is 1.20. The van der Waals surface area contributed by atoms with Gasteiger partial charge in [-0.25, -0.2) is 4.39 Å². The smallest absolute Gasteiger partial charge is 0.212 e. The van der Waals surface area contributed by atoms with Gasteiger partial charge in [-0.1, -0.05) is 46.4 Å². The van der Waals surface area contributed by atoms with Gasteiger partial charge in [-0.3, -0.25) is 0 Å². The Morgan fingerprint density at radius 3 is 0.941 bits per heavy atom. The van der Waals surface area contributed by atoms with Crippen LogP contribution in [0.5, 0.6) is 0 Å². The maximum absolute atomic E-state index is 10.9. The molecule has 0 bridgehead atoms. The Bertz CT molecular complexity index is 162. The first-order chi connectivity index (χ1) is 7.24. The summed E-state index contributed by atoms with van der Waals surface area (Å²) >= 11 is 21.9. The highest BCUT2D eigenvalue weighted by molar-refractivity contribution is 6.44. The third kappa shape index (κ3) is 38.3. The zero-order valence-corrected chi connectivity index (χ0v) is 11.2. The lowest BCUT2D eigenvalue weighted by molar-refractivity contribution is -0.115. The molecule has 0 aliphatic heterocycles. The average molecular weight is 374 g/mol. The Labute approximate surface area is 117 Å². The van der Waals surface area contributed by atoms with E-state index in [-0.39, 0.29) is 0 Å². The van der Waals surface area contributed by atoms with Gasteiger partial charge in [0.15, 0.2) is 0 Å². The van der Waals surface area contributed by atoms with Gasteiger partial charge in [0.05, 0.1) is 0 Å². The molecule has 0 aliphatic carbocycles. The van der Waals surface area contributed by atoms with Crippen LogP contribution in [0, 0.1) is 0 Å². The first-order valence-electron chi connectivity index (χ1n) is 3.13. The van der Waals surface area contributed by atoms with Gasteiger partial charge in [-0.2, -0.15) is 26.3 Å². The molecule has 0 atom stereocenters. The van der Waals surface area contributed by atoms with Crippen molar-refractivity contribution in [2.24, 2.45) is 0 Å². The molecule has 0 fully saturated rings. The summed E-state index contributed by atoms with van der Waals surface area (Å²) in [5, 5.41) is -1.72. The van der Waals surface area contributed by atoms with Crippen molar-refractivity contribution in [1.82, 2.24) is 0 Å². The summed E-state index contributed by atoms with van der Waals surface area (Å²) in [6.07, 6.45) is -8.66. The Kier molecular flexibility index (Phi) is 14.7. The van der Waals surface area contributed by atoms with Gasteiger partial charge in [0, 0.05) is 0 Å². The Morgan fingerprint density at radius 1 is 0.824 bits per heavy atom. The van der Waals surface area contributed by atoms with Gasteiger partial charge in [0.1, 0.15) is 5.88 Å². The molecule has 0 saturated heterocycles. The number of alkyl halides is 12. The van der Waals surface area contributed by atoms with Gasteiger partial charge in [-0.15, -0.1) is 11.6 Å². The SMILES string of the molecule is FC(Cl)Cl.FC(F)(F)C(Cl)Cl.FC(F)(F)CCl. The molecule has 0 amide bonds. The van der Waals surface area contributed by atoms with E-state index in [0.29, 0.717) is 0 Å². The maximum atomic E-state index is 10.9. The summed E-state index contributed by atoms with van der Waals surface area (Å²) in [5.41, 5.74) is 0. The second-order valence-electron chi connectivity index (χ2n) is 1.84. The second-order valence-corrected chi connectivity index (χ2v) is 4.19. The normalized spacial score (nSPS) is 11.6. The van der Waals surface area contributed by atoms with Crippen molar-refractivity contribution < 1.29 is 30.7 Å². The lowest BCUT2D eigenvalue weighted by Gasteiger charge is -2.03. The first-order valence-corrected chi connectivity index (χ1v) is 5.41. The molecule has 0 saturated carbocycles. The summed E-state index contributed by atoms with van der Waals surface area (Å²) in [4.78, 5) is -2.26. The number of rotatable bonds is 0. The highest BCUT2D eigenvalue weighted by atomic mass is 35.5. The fraction of sp³-hybridized carbons (Fsp3) is 1.00. The zero-order valence-electron chi connectivity index (χ0n) is 7.40. The molecule has 0 spiro atoms. The van der Waals surface area contributed by atoms with Crippen LogP contribution in [0.15, 0.2) is 0 Å². The van der Waals surface area contributed by atoms with Crippen molar-refractivity contribution >= 4 is 58.0 Å². The summed E-state index contributed by atoms with van der Waals surface area (Å²) in [7, 11) is 0. The fourth-order valence-corrected chi connectivity index (χ4v) is 0. The molecule has 0 radical (unpaired) electrons. The molecule has 0 rings (SSSR count). The minimum atomic E-state index is -4.47. The summed E-state index contributed by atoms with van der Waals surface area (Å²) in [5.74, 6) is -1.26. The topological polar surface area (TPSA) is 0 Å². The molecule has 0 N–H and O–H groups in total. The molecular formula is C5H4Cl5F7. The van der Waals surface area contributed by atoms with E-state index in [0.717, 1.165) is 0 Å². The van der Waals surface area contributed by atoms with Crippen molar-refractivity contribution in [1.29, 1.82) is 0 Å². The third-order valence-electron chi connectivity index (χ3n) is 0.399. The monoisotopic (exact) mass is 372 g/mol. The molecule has 0 nitrogen and oxygen atoms in total. The van der Waals surface area contributed by atoms with E-state index >= 15 is 0 Å². The molecule has 0 aromatic rings. The van der Waals surface area contributed by atoms with Gasteiger partial charge in [0.25, 0.3) is 0 Å². The van der Waals surface area contributed by atoms with Crippen LogP contribution in [0.25, 0.3) is 0 Å². The van der Waals surface area contributed by atoms with E-state index in [9.17, 15) is 30.7 Å². The zero-order chi connectivity index (χ0) is 14.9. The van der Waals surface area contributed by atoms with Gasteiger partial charge < -0.3 is 0 Å². The number of halogens is 12. The van der Waals surface area contributed by atoms with Gasteiger partial charge in [-0.05, 0) is 0 Å². The average Bonchev–Trinajstić information content (AvgIpc) is 2.01. The van der Waals surface area contributed by atoms with E-state index in [1.807, 2.05) is 0 Å². The molecule has 0 aliphatic rings. The molecule has 0 heterocycles. The molecule has 108 valence electrons. The molecule has 0 aromatic carbocycles.